The molecule has 0 spiro atoms. The molecule has 0 unspecified atom stereocenters. The number of ether oxygens (including phenoxy) is 1. The minimum atomic E-state index is -0.859. The van der Waals surface area contributed by atoms with Gasteiger partial charge in [-0.3, -0.25) is 4.79 Å². The third kappa shape index (κ3) is 3.35. The molecule has 4 nitrogen and oxygen atoms in total. The Balaban J connectivity index is 1.92. The molecular weight excluding hydrogens is 304 g/mol. The smallest absolute Gasteiger partial charge is 0.314 e. The number of hydrogen-bond donors (Lipinski definition) is 2. The lowest BCUT2D eigenvalue weighted by atomic mass is 9.71. The van der Waals surface area contributed by atoms with E-state index in [1.807, 2.05) is 18.2 Å². The van der Waals surface area contributed by atoms with Crippen LogP contribution in [0.15, 0.2) is 35.5 Å². The van der Waals surface area contributed by atoms with Crippen molar-refractivity contribution in [3.05, 3.63) is 35.5 Å². The van der Waals surface area contributed by atoms with Crippen LogP contribution in [0.5, 0.6) is 0 Å². The summed E-state index contributed by atoms with van der Waals surface area (Å²) >= 11 is 0. The van der Waals surface area contributed by atoms with Gasteiger partial charge in [0.2, 0.25) is 0 Å². The van der Waals surface area contributed by atoms with Crippen LogP contribution in [0.25, 0.3) is 0 Å². The lowest BCUT2D eigenvalue weighted by Gasteiger charge is -2.37. The molecule has 2 fully saturated rings. The summed E-state index contributed by atoms with van der Waals surface area (Å²) < 4.78 is 5.44. The molecule has 3 aliphatic rings. The fraction of sp³-hybridized carbons (Fsp3) is 0.650. The number of aliphatic hydroxyl groups is 2. The van der Waals surface area contributed by atoms with Crippen LogP contribution in [0.4, 0.5) is 0 Å². The SMILES string of the molecule is CC(C)(O)/C=C/C=C1/COC(=O)[C@H]2C3=CC[C@@H](O)[C@@](C)(CC[C@H]12)C3. The van der Waals surface area contributed by atoms with Gasteiger partial charge in [-0.15, -0.1) is 0 Å². The first-order chi connectivity index (χ1) is 11.2. The number of carbonyl (C=O) groups is 1. The Bertz CT molecular complexity index is 608. The van der Waals surface area contributed by atoms with E-state index >= 15 is 0 Å². The van der Waals surface area contributed by atoms with Crippen molar-refractivity contribution in [1.29, 1.82) is 0 Å². The number of rotatable bonds is 2. The quantitative estimate of drug-likeness (QED) is 0.603. The van der Waals surface area contributed by atoms with Crippen LogP contribution in [0.2, 0.25) is 0 Å². The van der Waals surface area contributed by atoms with E-state index in [1.165, 1.54) is 0 Å². The van der Waals surface area contributed by atoms with Gasteiger partial charge in [0.05, 0.1) is 17.6 Å². The van der Waals surface area contributed by atoms with Gasteiger partial charge in [-0.25, -0.2) is 0 Å². The van der Waals surface area contributed by atoms with Crippen molar-refractivity contribution < 1.29 is 19.7 Å². The number of hydrogen-bond acceptors (Lipinski definition) is 4. The highest BCUT2D eigenvalue weighted by Gasteiger charge is 2.48. The van der Waals surface area contributed by atoms with Gasteiger partial charge in [-0.1, -0.05) is 36.8 Å². The van der Waals surface area contributed by atoms with Crippen molar-refractivity contribution in [3.8, 4) is 0 Å². The normalized spacial score (nSPS) is 38.5. The molecule has 0 aromatic rings. The maximum absolute atomic E-state index is 12.4. The van der Waals surface area contributed by atoms with Crippen molar-refractivity contribution in [1.82, 2.24) is 0 Å². The first kappa shape index (κ1) is 17.4. The zero-order valence-electron chi connectivity index (χ0n) is 14.8. The van der Waals surface area contributed by atoms with Crippen molar-refractivity contribution in [2.75, 3.05) is 6.61 Å². The fourth-order valence-electron chi connectivity index (χ4n) is 4.25. The summed E-state index contributed by atoms with van der Waals surface area (Å²) in [5.74, 6) is -0.207. The predicted molar refractivity (Wildman–Crippen MR) is 92.1 cm³/mol. The van der Waals surface area contributed by atoms with Gasteiger partial charge in [0.25, 0.3) is 0 Å². The zero-order valence-corrected chi connectivity index (χ0v) is 14.8. The Morgan fingerprint density at radius 3 is 2.88 bits per heavy atom. The molecule has 0 amide bonds. The lowest BCUT2D eigenvalue weighted by molar-refractivity contribution is -0.151. The summed E-state index contributed by atoms with van der Waals surface area (Å²) in [6.07, 6.45) is 10.5. The van der Waals surface area contributed by atoms with Gasteiger partial charge in [-0.2, -0.15) is 0 Å². The molecule has 4 heteroatoms. The zero-order chi connectivity index (χ0) is 17.5. The molecule has 0 aromatic carbocycles. The summed E-state index contributed by atoms with van der Waals surface area (Å²) in [7, 11) is 0. The maximum Gasteiger partial charge on any atom is 0.314 e. The molecule has 1 heterocycles. The minimum Gasteiger partial charge on any atom is -0.461 e. The van der Waals surface area contributed by atoms with E-state index < -0.39 is 5.60 Å². The Labute approximate surface area is 143 Å². The summed E-state index contributed by atoms with van der Waals surface area (Å²) in [6.45, 7) is 5.91. The largest absolute Gasteiger partial charge is 0.461 e. The van der Waals surface area contributed by atoms with Crippen LogP contribution in [0.3, 0.4) is 0 Å². The third-order valence-corrected chi connectivity index (χ3v) is 5.77. The van der Waals surface area contributed by atoms with Crippen LogP contribution >= 0.6 is 0 Å². The Hall–Kier alpha value is -1.39. The van der Waals surface area contributed by atoms with Gasteiger partial charge in [0, 0.05) is 5.92 Å². The van der Waals surface area contributed by atoms with Crippen molar-refractivity contribution in [3.63, 3.8) is 0 Å². The number of aliphatic hydroxyl groups excluding tert-OH is 1. The van der Waals surface area contributed by atoms with E-state index in [1.54, 1.807) is 19.9 Å². The van der Waals surface area contributed by atoms with E-state index in [0.717, 1.165) is 30.4 Å². The first-order valence-electron chi connectivity index (χ1n) is 8.84. The van der Waals surface area contributed by atoms with Crippen molar-refractivity contribution >= 4 is 5.97 Å². The van der Waals surface area contributed by atoms with Gasteiger partial charge < -0.3 is 14.9 Å². The molecule has 2 N–H and O–H groups in total. The summed E-state index contributed by atoms with van der Waals surface area (Å²) in [6, 6.07) is 0. The highest BCUT2D eigenvalue weighted by Crippen LogP contribution is 2.51. The first-order valence-corrected chi connectivity index (χ1v) is 8.84. The standard InChI is InChI=1S/C20H28O4/c1-19(2,23)9-4-5-14-12-24-18(22)17-13-6-7-16(21)20(3,11-13)10-8-15(14)17/h4-6,9,15-17,21,23H,7-8,10-12H2,1-3H3/b9-4+,14-5-/t15-,16-,17+,20+/m1/s1. The van der Waals surface area contributed by atoms with E-state index in [9.17, 15) is 15.0 Å². The number of fused-ring (bicyclic) bond motifs is 4. The topological polar surface area (TPSA) is 66.8 Å². The van der Waals surface area contributed by atoms with E-state index in [4.69, 9.17) is 4.74 Å². The number of carbonyl (C=O) groups excluding carboxylic acids is 1. The molecule has 24 heavy (non-hydrogen) atoms. The molecule has 1 saturated heterocycles. The van der Waals surface area contributed by atoms with Crippen LogP contribution in [0, 0.1) is 17.3 Å². The monoisotopic (exact) mass is 332 g/mol. The second-order valence-electron chi connectivity index (χ2n) is 8.35. The number of esters is 1. The molecule has 4 atom stereocenters. The average Bonchev–Trinajstić information content (AvgIpc) is 2.61. The molecule has 2 bridgehead atoms. The summed E-state index contributed by atoms with van der Waals surface area (Å²) in [5, 5.41) is 20.2. The van der Waals surface area contributed by atoms with Gasteiger partial charge in [0.1, 0.15) is 6.61 Å². The fourth-order valence-corrected chi connectivity index (χ4v) is 4.25. The number of cyclic esters (lactones) is 1. The van der Waals surface area contributed by atoms with E-state index in [0.29, 0.717) is 13.0 Å². The molecule has 2 aliphatic carbocycles. The molecule has 132 valence electrons. The van der Waals surface area contributed by atoms with Crippen LogP contribution in [0.1, 0.15) is 46.5 Å². The molecular formula is C20H28O4. The van der Waals surface area contributed by atoms with Crippen LogP contribution in [-0.4, -0.2) is 34.5 Å². The highest BCUT2D eigenvalue weighted by molar-refractivity contribution is 5.78. The Morgan fingerprint density at radius 2 is 2.17 bits per heavy atom. The molecule has 0 aromatic heterocycles. The Morgan fingerprint density at radius 1 is 1.42 bits per heavy atom. The molecule has 1 aliphatic heterocycles. The summed E-state index contributed by atoms with van der Waals surface area (Å²) in [4.78, 5) is 12.4. The molecule has 3 rings (SSSR count). The minimum absolute atomic E-state index is 0.129. The van der Waals surface area contributed by atoms with Gasteiger partial charge in [-0.05, 0) is 50.5 Å². The lowest BCUT2D eigenvalue weighted by Crippen LogP contribution is -2.37. The predicted octanol–water partition coefficient (Wildman–Crippen LogP) is 2.91. The molecule has 1 saturated carbocycles. The Kier molecular flexibility index (Phi) is 4.47. The van der Waals surface area contributed by atoms with E-state index in [-0.39, 0.29) is 29.3 Å². The maximum atomic E-state index is 12.4. The van der Waals surface area contributed by atoms with Gasteiger partial charge in [0.15, 0.2) is 0 Å². The van der Waals surface area contributed by atoms with Crippen LogP contribution in [-0.2, 0) is 9.53 Å². The van der Waals surface area contributed by atoms with Crippen molar-refractivity contribution in [2.45, 2.75) is 58.2 Å². The highest BCUT2D eigenvalue weighted by atomic mass is 16.5. The van der Waals surface area contributed by atoms with Crippen molar-refractivity contribution in [2.24, 2.45) is 17.3 Å². The average molecular weight is 332 g/mol. The van der Waals surface area contributed by atoms with Crippen LogP contribution < -0.4 is 0 Å². The third-order valence-electron chi connectivity index (χ3n) is 5.77. The second kappa shape index (κ2) is 6.16. The molecule has 0 radical (unpaired) electrons. The van der Waals surface area contributed by atoms with Gasteiger partial charge >= 0.3 is 5.97 Å². The second-order valence-corrected chi connectivity index (χ2v) is 8.35. The number of allylic oxidation sites excluding steroid dienone is 2. The van der Waals surface area contributed by atoms with E-state index in [2.05, 4.69) is 6.92 Å². The summed E-state index contributed by atoms with van der Waals surface area (Å²) in [5.41, 5.74) is 1.23.